The maximum absolute atomic E-state index is 13.8. The molecule has 2 rings (SSSR count). The van der Waals surface area contributed by atoms with Crippen LogP contribution < -0.4 is 9.64 Å². The Labute approximate surface area is 128 Å². The van der Waals surface area contributed by atoms with Crippen molar-refractivity contribution in [2.45, 2.75) is 6.92 Å². The number of carbonyl (C=O) groups is 1. The minimum absolute atomic E-state index is 0.0518. The van der Waals surface area contributed by atoms with Crippen molar-refractivity contribution < 1.29 is 18.3 Å². The number of benzene rings is 2. The zero-order chi connectivity index (χ0) is 16.1. The number of carbonyl (C=O) groups excluding carboxylic acids is 1. The minimum Gasteiger partial charge on any atom is -0.489 e. The second-order valence-electron chi connectivity index (χ2n) is 4.89. The quantitative estimate of drug-likeness (QED) is 0.762. The molecule has 0 saturated heterocycles. The monoisotopic (exact) mass is 305 g/mol. The molecule has 0 unspecified atom stereocenters. The molecule has 0 bridgehead atoms. The number of Topliss-reactive ketones (excluding diaryl/α,β-unsaturated/α-hetero) is 1. The number of hydrogen-bond donors (Lipinski definition) is 0. The smallest absolute Gasteiger partial charge is 0.165 e. The van der Waals surface area contributed by atoms with Gasteiger partial charge in [0.05, 0.1) is 17.8 Å². The average Bonchev–Trinajstić information content (AvgIpc) is 2.48. The summed E-state index contributed by atoms with van der Waals surface area (Å²) >= 11 is 0. The van der Waals surface area contributed by atoms with Crippen LogP contribution in [0, 0.1) is 11.6 Å². The van der Waals surface area contributed by atoms with Gasteiger partial charge in [-0.05, 0) is 31.2 Å². The molecule has 0 radical (unpaired) electrons. The summed E-state index contributed by atoms with van der Waals surface area (Å²) in [5.41, 5.74) is 0.542. The first-order chi connectivity index (χ1) is 10.5. The Hall–Kier alpha value is -2.43. The largest absolute Gasteiger partial charge is 0.489 e. The summed E-state index contributed by atoms with van der Waals surface area (Å²) in [7, 11) is 1.73. The van der Waals surface area contributed by atoms with E-state index in [2.05, 4.69) is 0 Å². The lowest BCUT2D eigenvalue weighted by molar-refractivity contribution is 0.101. The molecular weight excluding hydrogens is 288 g/mol. The van der Waals surface area contributed by atoms with E-state index < -0.39 is 11.6 Å². The van der Waals surface area contributed by atoms with Crippen LogP contribution in [0.1, 0.15) is 17.3 Å². The Morgan fingerprint density at radius 1 is 1.09 bits per heavy atom. The minimum atomic E-state index is -0.549. The second kappa shape index (κ2) is 7.02. The van der Waals surface area contributed by atoms with Crippen LogP contribution in [0.5, 0.6) is 5.75 Å². The topological polar surface area (TPSA) is 29.5 Å². The van der Waals surface area contributed by atoms with Crippen molar-refractivity contribution >= 4 is 11.5 Å². The first-order valence-corrected chi connectivity index (χ1v) is 6.88. The first-order valence-electron chi connectivity index (χ1n) is 6.88. The fraction of sp³-hybridized carbons (Fsp3) is 0.235. The fourth-order valence-corrected chi connectivity index (χ4v) is 2.15. The zero-order valence-electron chi connectivity index (χ0n) is 12.5. The lowest BCUT2D eigenvalue weighted by Crippen LogP contribution is -2.25. The molecule has 2 aromatic rings. The highest BCUT2D eigenvalue weighted by Gasteiger charge is 2.15. The number of anilines is 1. The van der Waals surface area contributed by atoms with Crippen LogP contribution in [-0.2, 0) is 0 Å². The van der Waals surface area contributed by atoms with Gasteiger partial charge in [0, 0.05) is 7.05 Å². The molecular formula is C17H17F2NO2. The highest BCUT2D eigenvalue weighted by molar-refractivity contribution is 6.00. The fourth-order valence-electron chi connectivity index (χ4n) is 2.15. The van der Waals surface area contributed by atoms with Crippen LogP contribution in [0.2, 0.25) is 0 Å². The number of halogens is 2. The van der Waals surface area contributed by atoms with Crippen molar-refractivity contribution in [2.75, 3.05) is 25.1 Å². The molecule has 0 spiro atoms. The Morgan fingerprint density at radius 3 is 2.45 bits per heavy atom. The molecule has 0 N–H and O–H groups in total. The highest BCUT2D eigenvalue weighted by atomic mass is 19.1. The van der Waals surface area contributed by atoms with E-state index >= 15 is 0 Å². The van der Waals surface area contributed by atoms with Gasteiger partial charge in [-0.25, -0.2) is 8.78 Å². The van der Waals surface area contributed by atoms with Crippen LogP contribution in [-0.4, -0.2) is 26.0 Å². The number of ether oxygens (including phenoxy) is 1. The lowest BCUT2D eigenvalue weighted by atomic mass is 10.1. The Kier molecular flexibility index (Phi) is 5.09. The summed E-state index contributed by atoms with van der Waals surface area (Å²) in [5, 5.41) is 0. The van der Waals surface area contributed by atoms with Gasteiger partial charge in [0.2, 0.25) is 0 Å². The Morgan fingerprint density at radius 2 is 1.77 bits per heavy atom. The van der Waals surface area contributed by atoms with Crippen LogP contribution in [0.15, 0.2) is 42.5 Å². The van der Waals surface area contributed by atoms with Crippen LogP contribution >= 0.6 is 0 Å². The van der Waals surface area contributed by atoms with E-state index in [0.717, 1.165) is 0 Å². The number of ketones is 1. The predicted octanol–water partition coefficient (Wildman–Crippen LogP) is 3.68. The van der Waals surface area contributed by atoms with E-state index in [9.17, 15) is 13.6 Å². The summed E-state index contributed by atoms with van der Waals surface area (Å²) in [5.74, 6) is -1.15. The van der Waals surface area contributed by atoms with E-state index in [4.69, 9.17) is 4.74 Å². The van der Waals surface area contributed by atoms with Crippen LogP contribution in [0.3, 0.4) is 0 Å². The summed E-state index contributed by atoms with van der Waals surface area (Å²) < 4.78 is 32.6. The van der Waals surface area contributed by atoms with Crippen molar-refractivity contribution in [3.05, 3.63) is 59.7 Å². The maximum atomic E-state index is 13.8. The number of rotatable bonds is 6. The molecule has 2 aromatic carbocycles. The van der Waals surface area contributed by atoms with Gasteiger partial charge in [0.25, 0.3) is 0 Å². The molecule has 116 valence electrons. The van der Waals surface area contributed by atoms with Gasteiger partial charge >= 0.3 is 0 Å². The second-order valence-corrected chi connectivity index (χ2v) is 4.89. The van der Waals surface area contributed by atoms with Crippen molar-refractivity contribution in [3.63, 3.8) is 0 Å². The van der Waals surface area contributed by atoms with Crippen molar-refractivity contribution in [1.29, 1.82) is 0 Å². The normalized spacial score (nSPS) is 10.4. The molecule has 22 heavy (non-hydrogen) atoms. The summed E-state index contributed by atoms with van der Waals surface area (Å²) in [6.07, 6.45) is 0. The molecule has 0 aliphatic heterocycles. The van der Waals surface area contributed by atoms with E-state index in [1.54, 1.807) is 42.3 Å². The van der Waals surface area contributed by atoms with Gasteiger partial charge in [-0.1, -0.05) is 18.2 Å². The SMILES string of the molecule is CC(=O)c1c(F)cccc1N(C)CCOc1ccccc1F. The predicted molar refractivity (Wildman–Crippen MR) is 81.6 cm³/mol. The lowest BCUT2D eigenvalue weighted by Gasteiger charge is -2.22. The highest BCUT2D eigenvalue weighted by Crippen LogP contribution is 2.23. The molecule has 0 amide bonds. The van der Waals surface area contributed by atoms with Gasteiger partial charge in [-0.2, -0.15) is 0 Å². The molecule has 0 heterocycles. The third kappa shape index (κ3) is 3.61. The summed E-state index contributed by atoms with van der Waals surface area (Å²) in [6, 6.07) is 10.6. The standard InChI is InChI=1S/C17H17F2NO2/c1-12(21)17-14(19)7-5-8-15(17)20(2)10-11-22-16-9-4-3-6-13(16)18/h3-9H,10-11H2,1-2H3. The molecule has 0 atom stereocenters. The van der Waals surface area contributed by atoms with E-state index in [-0.39, 0.29) is 23.7 Å². The Balaban J connectivity index is 2.04. The number of nitrogens with zero attached hydrogens (tertiary/aromatic N) is 1. The zero-order valence-corrected chi connectivity index (χ0v) is 12.5. The molecule has 0 aliphatic carbocycles. The van der Waals surface area contributed by atoms with Gasteiger partial charge in [0.1, 0.15) is 12.4 Å². The average molecular weight is 305 g/mol. The molecule has 0 saturated carbocycles. The molecule has 0 aliphatic rings. The number of hydrogen-bond acceptors (Lipinski definition) is 3. The van der Waals surface area contributed by atoms with E-state index in [1.807, 2.05) is 0 Å². The molecule has 0 aromatic heterocycles. The third-order valence-corrected chi connectivity index (χ3v) is 3.28. The van der Waals surface area contributed by atoms with Gasteiger partial charge in [0.15, 0.2) is 17.3 Å². The summed E-state index contributed by atoms with van der Waals surface area (Å²) in [6.45, 7) is 1.93. The number of likely N-dealkylation sites (N-methyl/N-ethyl adjacent to an activating group) is 1. The first kappa shape index (κ1) is 15.9. The van der Waals surface area contributed by atoms with Crippen molar-refractivity contribution in [3.8, 4) is 5.75 Å². The third-order valence-electron chi connectivity index (χ3n) is 3.28. The van der Waals surface area contributed by atoms with Crippen molar-refractivity contribution in [2.24, 2.45) is 0 Å². The maximum Gasteiger partial charge on any atom is 0.165 e. The van der Waals surface area contributed by atoms with Gasteiger partial charge in [-0.15, -0.1) is 0 Å². The molecule has 3 nitrogen and oxygen atoms in total. The molecule has 5 heteroatoms. The Bertz CT molecular complexity index is 673. The van der Waals surface area contributed by atoms with E-state index in [1.165, 1.54) is 19.1 Å². The van der Waals surface area contributed by atoms with Crippen molar-refractivity contribution in [1.82, 2.24) is 0 Å². The van der Waals surface area contributed by atoms with E-state index in [0.29, 0.717) is 12.2 Å². The van der Waals surface area contributed by atoms with Crippen LogP contribution in [0.25, 0.3) is 0 Å². The molecule has 0 fully saturated rings. The number of para-hydroxylation sites is 1. The van der Waals surface area contributed by atoms with Gasteiger partial charge in [-0.3, -0.25) is 4.79 Å². The van der Waals surface area contributed by atoms with Crippen LogP contribution in [0.4, 0.5) is 14.5 Å². The van der Waals surface area contributed by atoms with Gasteiger partial charge < -0.3 is 9.64 Å². The summed E-state index contributed by atoms with van der Waals surface area (Å²) in [4.78, 5) is 13.3.